The maximum absolute atomic E-state index is 12.8. The molecule has 4 aromatic rings. The van der Waals surface area contributed by atoms with Crippen LogP contribution >= 0.6 is 11.3 Å². The Labute approximate surface area is 174 Å². The summed E-state index contributed by atoms with van der Waals surface area (Å²) in [6.07, 6.45) is 1.82. The molecule has 2 heterocycles. The molecule has 0 bridgehead atoms. The van der Waals surface area contributed by atoms with Gasteiger partial charge in [0.15, 0.2) is 0 Å². The lowest BCUT2D eigenvalue weighted by atomic mass is 10.1. The van der Waals surface area contributed by atoms with Gasteiger partial charge in [0.2, 0.25) is 0 Å². The summed E-state index contributed by atoms with van der Waals surface area (Å²) in [5.41, 5.74) is 3.12. The number of carbonyl (C=O) groups is 1. The van der Waals surface area contributed by atoms with Crippen LogP contribution in [0.3, 0.4) is 0 Å². The number of fused-ring (bicyclic) bond motifs is 1. The van der Waals surface area contributed by atoms with Crippen LogP contribution in [0.1, 0.15) is 26.5 Å². The summed E-state index contributed by atoms with van der Waals surface area (Å²) in [5, 5.41) is 8.57. The smallest absolute Gasteiger partial charge is 0.263 e. The summed E-state index contributed by atoms with van der Waals surface area (Å²) < 4.78 is 7.76. The number of hydrogen-bond acceptors (Lipinski definition) is 4. The first-order chi connectivity index (χ1) is 14.0. The molecule has 6 heteroatoms. The summed E-state index contributed by atoms with van der Waals surface area (Å²) in [5.74, 6) is 0.835. The zero-order valence-corrected chi connectivity index (χ0v) is 17.6. The van der Waals surface area contributed by atoms with Gasteiger partial charge in [-0.15, -0.1) is 11.3 Å². The van der Waals surface area contributed by atoms with E-state index in [1.807, 2.05) is 67.6 Å². The first kappa shape index (κ1) is 19.2. The van der Waals surface area contributed by atoms with Gasteiger partial charge in [0, 0.05) is 37.5 Å². The zero-order chi connectivity index (χ0) is 20.4. The minimum absolute atomic E-state index is 0.00945. The third-order valence-electron chi connectivity index (χ3n) is 5.08. The number of aromatic nitrogens is 2. The topological polar surface area (TPSA) is 47.4 Å². The Morgan fingerprint density at radius 2 is 1.97 bits per heavy atom. The van der Waals surface area contributed by atoms with E-state index in [9.17, 15) is 4.79 Å². The molecule has 29 heavy (non-hydrogen) atoms. The molecule has 0 spiro atoms. The van der Waals surface area contributed by atoms with E-state index in [2.05, 4.69) is 23.3 Å². The van der Waals surface area contributed by atoms with Crippen molar-refractivity contribution in [3.8, 4) is 5.75 Å². The van der Waals surface area contributed by atoms with Gasteiger partial charge in [-0.3, -0.25) is 9.48 Å². The molecule has 0 radical (unpaired) electrons. The summed E-state index contributed by atoms with van der Waals surface area (Å²) in [6.45, 7) is 2.99. The van der Waals surface area contributed by atoms with Gasteiger partial charge in [0.1, 0.15) is 12.4 Å². The van der Waals surface area contributed by atoms with Crippen molar-refractivity contribution in [2.75, 3.05) is 7.05 Å². The molecule has 148 valence electrons. The second kappa shape index (κ2) is 8.09. The van der Waals surface area contributed by atoms with Crippen LogP contribution in [0.2, 0.25) is 0 Å². The van der Waals surface area contributed by atoms with Crippen molar-refractivity contribution in [1.29, 1.82) is 0 Å². The van der Waals surface area contributed by atoms with Gasteiger partial charge in [-0.2, -0.15) is 5.10 Å². The standard InChI is InChI=1S/C23H23N3O2S/c1-16-20(12-24-26(16)3)13-25(2)23(27)22-10-17(15-29-22)14-28-21-9-8-18-6-4-5-7-19(18)11-21/h4-12,15H,13-14H2,1-3H3. The van der Waals surface area contributed by atoms with Gasteiger partial charge in [0.05, 0.1) is 11.1 Å². The number of carbonyl (C=O) groups excluding carboxylic acids is 1. The number of thiophene rings is 1. The Kier molecular flexibility index (Phi) is 5.36. The molecule has 2 aromatic heterocycles. The second-order valence-electron chi connectivity index (χ2n) is 7.16. The molecule has 0 aliphatic carbocycles. The maximum Gasteiger partial charge on any atom is 0.263 e. The minimum Gasteiger partial charge on any atom is -0.489 e. The first-order valence-corrected chi connectivity index (χ1v) is 10.3. The Bertz CT molecular complexity index is 1160. The van der Waals surface area contributed by atoms with E-state index >= 15 is 0 Å². The van der Waals surface area contributed by atoms with Crippen LogP contribution in [0.15, 0.2) is 60.1 Å². The molecule has 0 N–H and O–H groups in total. The molecule has 4 rings (SSSR count). The molecule has 1 amide bonds. The highest BCUT2D eigenvalue weighted by atomic mass is 32.1. The highest BCUT2D eigenvalue weighted by Gasteiger charge is 2.16. The minimum atomic E-state index is 0.00945. The van der Waals surface area contributed by atoms with E-state index in [1.54, 1.807) is 4.90 Å². The Hall–Kier alpha value is -3.12. The number of hydrogen-bond donors (Lipinski definition) is 0. The van der Waals surface area contributed by atoms with Crippen LogP contribution in [0.5, 0.6) is 5.75 Å². The van der Waals surface area contributed by atoms with Crippen LogP contribution in [0, 0.1) is 6.92 Å². The molecule has 0 atom stereocenters. The third-order valence-corrected chi connectivity index (χ3v) is 6.05. The van der Waals surface area contributed by atoms with Crippen molar-refractivity contribution in [2.45, 2.75) is 20.1 Å². The van der Waals surface area contributed by atoms with E-state index in [-0.39, 0.29) is 5.91 Å². The van der Waals surface area contributed by atoms with Crippen molar-refractivity contribution >= 4 is 28.0 Å². The fourth-order valence-electron chi connectivity index (χ4n) is 3.20. The van der Waals surface area contributed by atoms with Crippen molar-refractivity contribution < 1.29 is 9.53 Å². The molecule has 0 saturated carbocycles. The Morgan fingerprint density at radius 1 is 1.17 bits per heavy atom. The van der Waals surface area contributed by atoms with E-state index < -0.39 is 0 Å². The summed E-state index contributed by atoms with van der Waals surface area (Å²) in [6, 6.07) is 16.2. The van der Waals surface area contributed by atoms with Gasteiger partial charge < -0.3 is 9.64 Å². The molecule has 0 unspecified atom stereocenters. The third kappa shape index (κ3) is 4.17. The van der Waals surface area contributed by atoms with E-state index in [4.69, 9.17) is 4.74 Å². The number of ether oxygens (including phenoxy) is 1. The summed E-state index contributed by atoms with van der Waals surface area (Å²) in [4.78, 5) is 15.2. The lowest BCUT2D eigenvalue weighted by Gasteiger charge is -2.15. The first-order valence-electron chi connectivity index (χ1n) is 9.43. The van der Waals surface area contributed by atoms with E-state index in [0.29, 0.717) is 18.0 Å². The number of rotatable bonds is 6. The van der Waals surface area contributed by atoms with Crippen LogP contribution in [-0.2, 0) is 20.2 Å². The highest BCUT2D eigenvalue weighted by molar-refractivity contribution is 7.12. The van der Waals surface area contributed by atoms with Crippen LogP contribution in [-0.4, -0.2) is 27.6 Å². The molecule has 0 aliphatic heterocycles. The predicted molar refractivity (Wildman–Crippen MR) is 116 cm³/mol. The lowest BCUT2D eigenvalue weighted by molar-refractivity contribution is 0.0789. The molecule has 2 aromatic carbocycles. The van der Waals surface area contributed by atoms with Gasteiger partial charge in [-0.05, 0) is 41.3 Å². The number of nitrogens with zero attached hydrogens (tertiary/aromatic N) is 3. The molecule has 5 nitrogen and oxygen atoms in total. The van der Waals surface area contributed by atoms with Crippen LogP contribution in [0.25, 0.3) is 10.8 Å². The van der Waals surface area contributed by atoms with Gasteiger partial charge in [0.25, 0.3) is 5.91 Å². The van der Waals surface area contributed by atoms with E-state index in [0.717, 1.165) is 28.0 Å². The second-order valence-corrected chi connectivity index (χ2v) is 8.07. The largest absolute Gasteiger partial charge is 0.489 e. The van der Waals surface area contributed by atoms with Crippen molar-refractivity contribution in [2.24, 2.45) is 7.05 Å². The average molecular weight is 406 g/mol. The van der Waals surface area contributed by atoms with Gasteiger partial charge in [-0.25, -0.2) is 0 Å². The predicted octanol–water partition coefficient (Wildman–Crippen LogP) is 4.79. The highest BCUT2D eigenvalue weighted by Crippen LogP contribution is 2.23. The SMILES string of the molecule is Cc1c(CN(C)C(=O)c2cc(COc3ccc4ccccc4c3)cs2)cnn1C. The summed E-state index contributed by atoms with van der Waals surface area (Å²) >= 11 is 1.45. The van der Waals surface area contributed by atoms with Crippen LogP contribution < -0.4 is 4.74 Å². The molecule has 0 fully saturated rings. The number of amides is 1. The van der Waals surface area contributed by atoms with Gasteiger partial charge in [-0.1, -0.05) is 30.3 Å². The molecular formula is C23H23N3O2S. The van der Waals surface area contributed by atoms with Crippen molar-refractivity contribution in [3.63, 3.8) is 0 Å². The van der Waals surface area contributed by atoms with Crippen molar-refractivity contribution in [1.82, 2.24) is 14.7 Å². The van der Waals surface area contributed by atoms with Crippen LogP contribution in [0.4, 0.5) is 0 Å². The normalized spacial score (nSPS) is 11.0. The fraction of sp³-hybridized carbons (Fsp3) is 0.217. The fourth-order valence-corrected chi connectivity index (χ4v) is 4.09. The quantitative estimate of drug-likeness (QED) is 0.463. The average Bonchev–Trinajstić information content (AvgIpc) is 3.34. The number of benzene rings is 2. The maximum atomic E-state index is 12.8. The Balaban J connectivity index is 1.39. The number of aryl methyl sites for hydroxylation is 1. The van der Waals surface area contributed by atoms with E-state index in [1.165, 1.54) is 16.7 Å². The van der Waals surface area contributed by atoms with Crippen molar-refractivity contribution in [3.05, 3.63) is 81.8 Å². The van der Waals surface area contributed by atoms with Gasteiger partial charge >= 0.3 is 0 Å². The molecule has 0 saturated heterocycles. The monoisotopic (exact) mass is 405 g/mol. The lowest BCUT2D eigenvalue weighted by Crippen LogP contribution is -2.25. The zero-order valence-electron chi connectivity index (χ0n) is 16.8. The summed E-state index contributed by atoms with van der Waals surface area (Å²) in [7, 11) is 3.72. The Morgan fingerprint density at radius 3 is 2.72 bits per heavy atom. The molecular weight excluding hydrogens is 382 g/mol. The molecule has 0 aliphatic rings.